The normalized spacial score (nSPS) is 11.8. The van der Waals surface area contributed by atoms with Crippen LogP contribution in [0.4, 0.5) is 0 Å². The van der Waals surface area contributed by atoms with Crippen LogP contribution in [0.25, 0.3) is 0 Å². The standard InChI is InChI=1S/C16H20ClN3O2S/c1-3-10-20(23(21,22)4-2)13-16-18-9-11-19(16)12-14-7-5-6-8-15(14)17/h3,5-9,11H,1,4,10,12-13H2,2H3. The van der Waals surface area contributed by atoms with Crippen molar-refractivity contribution in [3.05, 3.63) is 65.7 Å². The second-order valence-electron chi connectivity index (χ2n) is 5.04. The molecule has 0 aliphatic rings. The molecular weight excluding hydrogens is 334 g/mol. The van der Waals surface area contributed by atoms with Crippen LogP contribution in [0.3, 0.4) is 0 Å². The molecule has 0 fully saturated rings. The fourth-order valence-corrected chi connectivity index (χ4v) is 3.41. The first-order valence-corrected chi connectivity index (χ1v) is 9.28. The first kappa shape index (κ1) is 17.7. The second-order valence-corrected chi connectivity index (χ2v) is 7.71. The van der Waals surface area contributed by atoms with Crippen LogP contribution in [-0.2, 0) is 23.1 Å². The summed E-state index contributed by atoms with van der Waals surface area (Å²) in [6, 6.07) is 7.57. The Bertz CT molecular complexity index is 771. The summed E-state index contributed by atoms with van der Waals surface area (Å²) in [6.07, 6.45) is 5.06. The predicted molar refractivity (Wildman–Crippen MR) is 92.8 cm³/mol. The van der Waals surface area contributed by atoms with Gasteiger partial charge in [-0.05, 0) is 18.6 Å². The molecule has 23 heavy (non-hydrogen) atoms. The highest BCUT2D eigenvalue weighted by atomic mass is 35.5. The van der Waals surface area contributed by atoms with Gasteiger partial charge in [0.05, 0.1) is 18.8 Å². The smallest absolute Gasteiger partial charge is 0.214 e. The van der Waals surface area contributed by atoms with Crippen molar-refractivity contribution in [3.8, 4) is 0 Å². The summed E-state index contributed by atoms with van der Waals surface area (Å²) in [7, 11) is -3.31. The number of halogens is 1. The van der Waals surface area contributed by atoms with Crippen LogP contribution in [0, 0.1) is 0 Å². The molecule has 0 atom stereocenters. The number of nitrogens with zero attached hydrogens (tertiary/aromatic N) is 3. The van der Waals surface area contributed by atoms with E-state index in [-0.39, 0.29) is 18.8 Å². The highest BCUT2D eigenvalue weighted by Crippen LogP contribution is 2.17. The lowest BCUT2D eigenvalue weighted by Gasteiger charge is -2.20. The van der Waals surface area contributed by atoms with Gasteiger partial charge in [-0.3, -0.25) is 0 Å². The van der Waals surface area contributed by atoms with Gasteiger partial charge < -0.3 is 4.57 Å². The lowest BCUT2D eigenvalue weighted by atomic mass is 10.2. The number of benzene rings is 1. The van der Waals surface area contributed by atoms with E-state index in [0.717, 1.165) is 5.56 Å². The molecule has 0 amide bonds. The van der Waals surface area contributed by atoms with Crippen molar-refractivity contribution in [2.75, 3.05) is 12.3 Å². The third kappa shape index (κ3) is 4.43. The molecule has 7 heteroatoms. The maximum atomic E-state index is 12.2. The van der Waals surface area contributed by atoms with E-state index in [1.165, 1.54) is 4.31 Å². The Morgan fingerprint density at radius 2 is 2.13 bits per heavy atom. The fraction of sp³-hybridized carbons (Fsp3) is 0.312. The zero-order valence-corrected chi connectivity index (χ0v) is 14.6. The molecule has 0 N–H and O–H groups in total. The molecule has 0 aliphatic carbocycles. The van der Waals surface area contributed by atoms with Crippen molar-refractivity contribution in [3.63, 3.8) is 0 Å². The van der Waals surface area contributed by atoms with E-state index >= 15 is 0 Å². The van der Waals surface area contributed by atoms with E-state index in [9.17, 15) is 8.42 Å². The maximum Gasteiger partial charge on any atom is 0.214 e. The minimum Gasteiger partial charge on any atom is -0.329 e. The van der Waals surface area contributed by atoms with Crippen LogP contribution in [0.2, 0.25) is 5.02 Å². The predicted octanol–water partition coefficient (Wildman–Crippen LogP) is 2.92. The van der Waals surface area contributed by atoms with Gasteiger partial charge in [0.15, 0.2) is 0 Å². The van der Waals surface area contributed by atoms with Gasteiger partial charge in [0.2, 0.25) is 10.0 Å². The highest BCUT2D eigenvalue weighted by molar-refractivity contribution is 7.89. The quantitative estimate of drug-likeness (QED) is 0.686. The Morgan fingerprint density at radius 3 is 2.78 bits per heavy atom. The van der Waals surface area contributed by atoms with Crippen LogP contribution in [-0.4, -0.2) is 34.6 Å². The Labute approximate surface area is 142 Å². The third-order valence-electron chi connectivity index (χ3n) is 3.51. The molecular formula is C16H20ClN3O2S. The molecule has 2 aromatic rings. The van der Waals surface area contributed by atoms with Gasteiger partial charge in [-0.15, -0.1) is 6.58 Å². The number of hydrogen-bond donors (Lipinski definition) is 0. The number of imidazole rings is 1. The Balaban J connectivity index is 2.23. The lowest BCUT2D eigenvalue weighted by molar-refractivity contribution is 0.422. The molecule has 0 bridgehead atoms. The van der Waals surface area contributed by atoms with Crippen molar-refractivity contribution in [1.29, 1.82) is 0 Å². The molecule has 1 aromatic heterocycles. The van der Waals surface area contributed by atoms with Crippen LogP contribution >= 0.6 is 11.6 Å². The first-order valence-electron chi connectivity index (χ1n) is 7.30. The van der Waals surface area contributed by atoms with E-state index in [1.54, 1.807) is 19.2 Å². The summed E-state index contributed by atoms with van der Waals surface area (Å²) in [5.41, 5.74) is 0.960. The van der Waals surface area contributed by atoms with Crippen molar-refractivity contribution < 1.29 is 8.42 Å². The summed E-state index contributed by atoms with van der Waals surface area (Å²) in [6.45, 7) is 6.27. The minimum atomic E-state index is -3.31. The molecule has 124 valence electrons. The van der Waals surface area contributed by atoms with E-state index in [2.05, 4.69) is 11.6 Å². The van der Waals surface area contributed by atoms with E-state index in [4.69, 9.17) is 11.6 Å². The average molecular weight is 354 g/mol. The molecule has 0 spiro atoms. The van der Waals surface area contributed by atoms with Crippen molar-refractivity contribution in [2.45, 2.75) is 20.0 Å². The Morgan fingerprint density at radius 1 is 1.39 bits per heavy atom. The van der Waals surface area contributed by atoms with Gasteiger partial charge in [0, 0.05) is 24.0 Å². The van der Waals surface area contributed by atoms with E-state index in [0.29, 0.717) is 17.4 Å². The van der Waals surface area contributed by atoms with Crippen molar-refractivity contribution >= 4 is 21.6 Å². The molecule has 0 saturated heterocycles. The Kier molecular flexibility index (Phi) is 5.98. The van der Waals surface area contributed by atoms with Gasteiger partial charge in [-0.1, -0.05) is 35.9 Å². The van der Waals surface area contributed by atoms with Crippen LogP contribution in [0.15, 0.2) is 49.3 Å². The summed E-state index contributed by atoms with van der Waals surface area (Å²) in [4.78, 5) is 4.29. The van der Waals surface area contributed by atoms with Crippen LogP contribution in [0.1, 0.15) is 18.3 Å². The third-order valence-corrected chi connectivity index (χ3v) is 5.67. The molecule has 2 rings (SSSR count). The fourth-order valence-electron chi connectivity index (χ4n) is 2.21. The molecule has 1 aromatic carbocycles. The Hall–Kier alpha value is -1.63. The maximum absolute atomic E-state index is 12.2. The summed E-state index contributed by atoms with van der Waals surface area (Å²) in [5.74, 6) is 0.718. The first-order chi connectivity index (χ1) is 11.0. The number of hydrogen-bond acceptors (Lipinski definition) is 3. The molecule has 1 heterocycles. The second kappa shape index (κ2) is 7.77. The van der Waals surface area contributed by atoms with Gasteiger partial charge in [-0.2, -0.15) is 4.31 Å². The van der Waals surface area contributed by atoms with Crippen LogP contribution < -0.4 is 0 Å². The highest BCUT2D eigenvalue weighted by Gasteiger charge is 2.21. The topological polar surface area (TPSA) is 55.2 Å². The molecule has 0 radical (unpaired) electrons. The molecule has 0 saturated carbocycles. The summed E-state index contributed by atoms with van der Waals surface area (Å²) in [5, 5.41) is 0.677. The average Bonchev–Trinajstić information content (AvgIpc) is 2.96. The van der Waals surface area contributed by atoms with E-state index < -0.39 is 10.0 Å². The summed E-state index contributed by atoms with van der Waals surface area (Å²) >= 11 is 6.19. The van der Waals surface area contributed by atoms with Crippen LogP contribution in [0.5, 0.6) is 0 Å². The lowest BCUT2D eigenvalue weighted by Crippen LogP contribution is -2.33. The van der Waals surface area contributed by atoms with Gasteiger partial charge in [0.1, 0.15) is 5.82 Å². The minimum absolute atomic E-state index is 0.0477. The van der Waals surface area contributed by atoms with Crippen molar-refractivity contribution in [2.24, 2.45) is 0 Å². The molecule has 0 unspecified atom stereocenters. The van der Waals surface area contributed by atoms with Gasteiger partial charge in [0.25, 0.3) is 0 Å². The van der Waals surface area contributed by atoms with Crippen molar-refractivity contribution in [1.82, 2.24) is 13.9 Å². The monoisotopic (exact) mass is 353 g/mol. The molecule has 5 nitrogen and oxygen atoms in total. The van der Waals surface area contributed by atoms with Gasteiger partial charge >= 0.3 is 0 Å². The van der Waals surface area contributed by atoms with Gasteiger partial charge in [-0.25, -0.2) is 13.4 Å². The number of rotatable bonds is 8. The number of sulfonamides is 1. The largest absolute Gasteiger partial charge is 0.329 e. The number of aromatic nitrogens is 2. The van der Waals surface area contributed by atoms with E-state index in [1.807, 2.05) is 35.0 Å². The summed E-state index contributed by atoms with van der Waals surface area (Å²) < 4.78 is 27.6. The molecule has 0 aliphatic heterocycles. The zero-order chi connectivity index (χ0) is 16.9. The zero-order valence-electron chi connectivity index (χ0n) is 13.0. The SMILES string of the molecule is C=CCN(Cc1nccn1Cc1ccccc1Cl)S(=O)(=O)CC.